The Morgan fingerprint density at radius 2 is 1.96 bits per heavy atom. The van der Waals surface area contributed by atoms with Gasteiger partial charge in [0.1, 0.15) is 0 Å². The summed E-state index contributed by atoms with van der Waals surface area (Å²) in [5, 5.41) is 6.28. The van der Waals surface area contributed by atoms with Crippen molar-refractivity contribution in [1.82, 2.24) is 5.32 Å². The van der Waals surface area contributed by atoms with Crippen LogP contribution in [0, 0.1) is 5.92 Å². The number of nitrogens with one attached hydrogen (secondary N) is 2. The van der Waals surface area contributed by atoms with Crippen LogP contribution in [0.1, 0.15) is 25.7 Å². The van der Waals surface area contributed by atoms with E-state index >= 15 is 0 Å². The van der Waals surface area contributed by atoms with Crippen LogP contribution in [0.4, 0.5) is 5.69 Å². The van der Waals surface area contributed by atoms with Gasteiger partial charge in [0.05, 0.1) is 11.4 Å². The number of carbonyl (C=O) groups excluding carboxylic acids is 2. The average Bonchev–Trinajstić information content (AvgIpc) is 2.53. The van der Waals surface area contributed by atoms with Gasteiger partial charge < -0.3 is 16.4 Å². The Balaban J connectivity index is 0.00000264. The number of rotatable bonds is 7. The average molecular weight is 358 g/mol. The molecule has 1 saturated heterocycles. The first-order valence-corrected chi connectivity index (χ1v) is 8.64. The van der Waals surface area contributed by atoms with Crippen LogP contribution in [0.2, 0.25) is 0 Å². The summed E-state index contributed by atoms with van der Waals surface area (Å²) >= 11 is 1.35. The maximum atomic E-state index is 12.1. The van der Waals surface area contributed by atoms with Crippen LogP contribution in [-0.2, 0) is 9.59 Å². The molecule has 5 nitrogen and oxygen atoms in total. The van der Waals surface area contributed by atoms with E-state index in [1.165, 1.54) is 11.8 Å². The molecule has 1 heterocycles. The predicted molar refractivity (Wildman–Crippen MR) is 97.1 cm³/mol. The molecular formula is C16H24ClN3O2S. The summed E-state index contributed by atoms with van der Waals surface area (Å²) in [5.74, 6) is 0.524. The topological polar surface area (TPSA) is 84.2 Å². The zero-order valence-corrected chi connectivity index (χ0v) is 14.7. The Morgan fingerprint density at radius 1 is 1.26 bits per heavy atom. The van der Waals surface area contributed by atoms with Gasteiger partial charge in [0, 0.05) is 11.3 Å². The third-order valence-corrected chi connectivity index (χ3v) is 4.87. The minimum Gasteiger partial charge on any atom is -0.369 e. The number of hydrogen-bond donors (Lipinski definition) is 3. The maximum Gasteiger partial charge on any atom is 0.227 e. The highest BCUT2D eigenvalue weighted by Gasteiger charge is 2.15. The number of para-hydroxylation sites is 1. The Labute approximate surface area is 147 Å². The monoisotopic (exact) mass is 357 g/mol. The van der Waals surface area contributed by atoms with Crippen LogP contribution in [0.3, 0.4) is 0 Å². The normalized spacial score (nSPS) is 14.8. The van der Waals surface area contributed by atoms with E-state index in [0.717, 1.165) is 42.9 Å². The highest BCUT2D eigenvalue weighted by molar-refractivity contribution is 8.00. The Bertz CT molecular complexity index is 522. The van der Waals surface area contributed by atoms with E-state index in [1.54, 1.807) is 0 Å². The number of benzene rings is 1. The van der Waals surface area contributed by atoms with Gasteiger partial charge in [0.15, 0.2) is 0 Å². The molecule has 0 spiro atoms. The first-order chi connectivity index (χ1) is 10.6. The van der Waals surface area contributed by atoms with Crippen LogP contribution in [0.15, 0.2) is 29.2 Å². The van der Waals surface area contributed by atoms with Gasteiger partial charge in [-0.3, -0.25) is 9.59 Å². The Hall–Kier alpha value is -1.24. The molecule has 4 N–H and O–H groups in total. The molecule has 0 aliphatic carbocycles. The molecule has 2 rings (SSSR count). The maximum absolute atomic E-state index is 12.1. The predicted octanol–water partition coefficient (Wildman–Crippen LogP) is 2.40. The number of halogens is 1. The number of nitrogens with two attached hydrogens (primary N) is 1. The molecule has 0 aromatic heterocycles. The van der Waals surface area contributed by atoms with E-state index in [-0.39, 0.29) is 30.0 Å². The third kappa shape index (κ3) is 7.24. The summed E-state index contributed by atoms with van der Waals surface area (Å²) in [4.78, 5) is 23.9. The number of carbonyl (C=O) groups is 2. The highest BCUT2D eigenvalue weighted by atomic mass is 35.5. The third-order valence-electron chi connectivity index (χ3n) is 3.77. The summed E-state index contributed by atoms with van der Waals surface area (Å²) in [5.41, 5.74) is 5.92. The number of anilines is 1. The van der Waals surface area contributed by atoms with Crippen LogP contribution >= 0.6 is 24.2 Å². The van der Waals surface area contributed by atoms with Crippen LogP contribution in [-0.4, -0.2) is 30.7 Å². The molecule has 128 valence electrons. The molecule has 1 aliphatic rings. The lowest BCUT2D eigenvalue weighted by atomic mass is 9.93. The van der Waals surface area contributed by atoms with E-state index < -0.39 is 0 Å². The van der Waals surface area contributed by atoms with Crippen molar-refractivity contribution >= 4 is 41.7 Å². The minimum atomic E-state index is -0.364. The smallest absolute Gasteiger partial charge is 0.227 e. The van der Waals surface area contributed by atoms with Crippen molar-refractivity contribution in [2.75, 3.05) is 24.2 Å². The van der Waals surface area contributed by atoms with E-state index in [9.17, 15) is 9.59 Å². The van der Waals surface area contributed by atoms with Gasteiger partial charge in [-0.15, -0.1) is 24.2 Å². The van der Waals surface area contributed by atoms with E-state index in [1.807, 2.05) is 24.3 Å². The van der Waals surface area contributed by atoms with Crippen molar-refractivity contribution in [2.24, 2.45) is 11.7 Å². The van der Waals surface area contributed by atoms with E-state index in [0.29, 0.717) is 12.3 Å². The van der Waals surface area contributed by atoms with Crippen molar-refractivity contribution in [1.29, 1.82) is 0 Å². The van der Waals surface area contributed by atoms with Crippen LogP contribution in [0.5, 0.6) is 0 Å². The first kappa shape index (κ1) is 19.8. The molecule has 2 amide bonds. The van der Waals surface area contributed by atoms with Gasteiger partial charge in [-0.2, -0.15) is 0 Å². The molecule has 1 aromatic rings. The number of hydrogen-bond acceptors (Lipinski definition) is 4. The summed E-state index contributed by atoms with van der Waals surface area (Å²) in [6.45, 7) is 2.11. The van der Waals surface area contributed by atoms with Gasteiger partial charge in [-0.05, 0) is 50.4 Å². The van der Waals surface area contributed by atoms with Crippen LogP contribution in [0.25, 0.3) is 0 Å². The zero-order chi connectivity index (χ0) is 15.8. The molecule has 0 bridgehead atoms. The molecule has 0 saturated carbocycles. The molecule has 1 aliphatic heterocycles. The van der Waals surface area contributed by atoms with Crippen molar-refractivity contribution in [3.05, 3.63) is 24.3 Å². The van der Waals surface area contributed by atoms with Crippen molar-refractivity contribution < 1.29 is 9.59 Å². The van der Waals surface area contributed by atoms with Gasteiger partial charge in [0.2, 0.25) is 11.8 Å². The lowest BCUT2D eigenvalue weighted by molar-refractivity contribution is -0.117. The quantitative estimate of drug-likeness (QED) is 0.654. The summed E-state index contributed by atoms with van der Waals surface area (Å²) < 4.78 is 0. The number of piperidine rings is 1. The summed E-state index contributed by atoms with van der Waals surface area (Å²) in [6, 6.07) is 7.49. The fraction of sp³-hybridized carbons (Fsp3) is 0.500. The summed E-state index contributed by atoms with van der Waals surface area (Å²) in [6.07, 6.45) is 3.78. The molecule has 7 heteroatoms. The lowest BCUT2D eigenvalue weighted by Crippen LogP contribution is -2.28. The van der Waals surface area contributed by atoms with Gasteiger partial charge >= 0.3 is 0 Å². The second kappa shape index (κ2) is 10.5. The van der Waals surface area contributed by atoms with Gasteiger partial charge in [-0.25, -0.2) is 0 Å². The fourth-order valence-corrected chi connectivity index (χ4v) is 3.31. The van der Waals surface area contributed by atoms with Crippen molar-refractivity contribution in [2.45, 2.75) is 30.6 Å². The molecule has 0 radical (unpaired) electrons. The first-order valence-electron chi connectivity index (χ1n) is 7.66. The van der Waals surface area contributed by atoms with E-state index in [4.69, 9.17) is 5.73 Å². The molecule has 0 unspecified atom stereocenters. The van der Waals surface area contributed by atoms with Crippen molar-refractivity contribution in [3.8, 4) is 0 Å². The summed E-state index contributed by atoms with van der Waals surface area (Å²) in [7, 11) is 0. The SMILES string of the molecule is Cl.NC(=O)CSc1ccccc1NC(=O)CCC1CCNCC1. The van der Waals surface area contributed by atoms with E-state index in [2.05, 4.69) is 10.6 Å². The molecule has 0 atom stereocenters. The number of primary amides is 1. The standard InChI is InChI=1S/C16H23N3O2S.ClH/c17-15(20)11-22-14-4-2-1-3-13(14)19-16(21)6-5-12-7-9-18-10-8-12;/h1-4,12,18H,5-11H2,(H2,17,20)(H,19,21);1H. The second-order valence-electron chi connectivity index (χ2n) is 5.53. The molecule has 1 fully saturated rings. The number of amides is 2. The Kier molecular flexibility index (Phi) is 9.06. The molecule has 1 aromatic carbocycles. The van der Waals surface area contributed by atoms with Gasteiger partial charge in [0.25, 0.3) is 0 Å². The largest absolute Gasteiger partial charge is 0.369 e. The molecular weight excluding hydrogens is 334 g/mol. The second-order valence-corrected chi connectivity index (χ2v) is 6.55. The van der Waals surface area contributed by atoms with Crippen molar-refractivity contribution in [3.63, 3.8) is 0 Å². The lowest BCUT2D eigenvalue weighted by Gasteiger charge is -2.22. The van der Waals surface area contributed by atoms with Crippen LogP contribution < -0.4 is 16.4 Å². The highest BCUT2D eigenvalue weighted by Crippen LogP contribution is 2.27. The molecule has 23 heavy (non-hydrogen) atoms. The minimum absolute atomic E-state index is 0. The zero-order valence-electron chi connectivity index (χ0n) is 13.0. The van der Waals surface area contributed by atoms with Gasteiger partial charge in [-0.1, -0.05) is 12.1 Å². The number of thioether (sulfide) groups is 1. The fourth-order valence-electron chi connectivity index (χ4n) is 2.56. The Morgan fingerprint density at radius 3 is 2.65 bits per heavy atom.